The summed E-state index contributed by atoms with van der Waals surface area (Å²) in [6.07, 6.45) is 0. The molecular formula is C18H18N2O5. The molecule has 1 amide bonds. The molecule has 7 heteroatoms. The average Bonchev–Trinajstić information content (AvgIpc) is 2.63. The number of nitro benzene ring substituents is 1. The number of esters is 1. The summed E-state index contributed by atoms with van der Waals surface area (Å²) in [5.41, 5.74) is 0.365. The van der Waals surface area contributed by atoms with Gasteiger partial charge in [-0.15, -0.1) is 0 Å². The summed E-state index contributed by atoms with van der Waals surface area (Å²) in [5.74, 6) is -1.13. The van der Waals surface area contributed by atoms with Crippen LogP contribution in [0.3, 0.4) is 0 Å². The second-order valence-corrected chi connectivity index (χ2v) is 5.13. The standard InChI is InChI=1S/C18H18N2O5/c1-3-19(15-8-6-5-7-9-15)17(21)13-10-14(18(22)25-4-2)12-16(11-13)20(23)24/h5-12H,3-4H2,1-2H3. The first-order valence-corrected chi connectivity index (χ1v) is 7.81. The predicted molar refractivity (Wildman–Crippen MR) is 92.8 cm³/mol. The summed E-state index contributed by atoms with van der Waals surface area (Å²) in [7, 11) is 0. The maximum atomic E-state index is 12.8. The molecule has 0 aliphatic carbocycles. The first-order chi connectivity index (χ1) is 12.0. The Morgan fingerprint density at radius 1 is 1.08 bits per heavy atom. The van der Waals surface area contributed by atoms with E-state index in [1.54, 1.807) is 38.1 Å². The summed E-state index contributed by atoms with van der Waals surface area (Å²) in [6, 6.07) is 12.5. The number of ether oxygens (including phenoxy) is 1. The van der Waals surface area contributed by atoms with E-state index in [0.29, 0.717) is 12.2 Å². The number of rotatable bonds is 6. The molecule has 25 heavy (non-hydrogen) atoms. The molecule has 7 nitrogen and oxygen atoms in total. The molecule has 0 aliphatic rings. The molecule has 0 radical (unpaired) electrons. The zero-order valence-electron chi connectivity index (χ0n) is 14.0. The average molecular weight is 342 g/mol. The number of hydrogen-bond donors (Lipinski definition) is 0. The number of hydrogen-bond acceptors (Lipinski definition) is 5. The lowest BCUT2D eigenvalue weighted by Gasteiger charge is -2.21. The molecule has 0 bridgehead atoms. The van der Waals surface area contributed by atoms with Gasteiger partial charge >= 0.3 is 5.97 Å². The topological polar surface area (TPSA) is 89.8 Å². The van der Waals surface area contributed by atoms with Crippen LogP contribution in [0.4, 0.5) is 11.4 Å². The lowest BCUT2D eigenvalue weighted by Crippen LogP contribution is -2.30. The molecule has 2 aromatic carbocycles. The predicted octanol–water partition coefficient (Wildman–Crippen LogP) is 3.44. The van der Waals surface area contributed by atoms with Crippen LogP contribution in [0.15, 0.2) is 48.5 Å². The van der Waals surface area contributed by atoms with Crippen molar-refractivity contribution in [3.8, 4) is 0 Å². The number of benzene rings is 2. The Balaban J connectivity index is 2.47. The monoisotopic (exact) mass is 342 g/mol. The number of non-ortho nitro benzene ring substituents is 1. The minimum atomic E-state index is -0.706. The second-order valence-electron chi connectivity index (χ2n) is 5.13. The largest absolute Gasteiger partial charge is 0.462 e. The molecule has 0 atom stereocenters. The maximum absolute atomic E-state index is 12.8. The first-order valence-electron chi connectivity index (χ1n) is 7.81. The van der Waals surface area contributed by atoms with Crippen LogP contribution >= 0.6 is 0 Å². The molecule has 130 valence electrons. The highest BCUT2D eigenvalue weighted by Gasteiger charge is 2.22. The van der Waals surface area contributed by atoms with Crippen LogP contribution in [-0.4, -0.2) is 30.0 Å². The van der Waals surface area contributed by atoms with Gasteiger partial charge in [-0.1, -0.05) is 18.2 Å². The van der Waals surface area contributed by atoms with Gasteiger partial charge in [0.2, 0.25) is 0 Å². The van der Waals surface area contributed by atoms with E-state index < -0.39 is 16.8 Å². The van der Waals surface area contributed by atoms with Crippen molar-refractivity contribution in [1.29, 1.82) is 0 Å². The fraction of sp³-hybridized carbons (Fsp3) is 0.222. The van der Waals surface area contributed by atoms with Gasteiger partial charge in [-0.3, -0.25) is 14.9 Å². The van der Waals surface area contributed by atoms with Gasteiger partial charge in [-0.25, -0.2) is 4.79 Å². The second kappa shape index (κ2) is 8.05. The quantitative estimate of drug-likeness (QED) is 0.456. The zero-order chi connectivity index (χ0) is 18.4. The highest BCUT2D eigenvalue weighted by molar-refractivity contribution is 6.07. The minimum Gasteiger partial charge on any atom is -0.462 e. The van der Waals surface area contributed by atoms with Gasteiger partial charge in [-0.05, 0) is 32.0 Å². The summed E-state index contributed by atoms with van der Waals surface area (Å²) in [5, 5.41) is 11.1. The number of anilines is 1. The molecule has 0 spiro atoms. The number of carbonyl (C=O) groups excluding carboxylic acids is 2. The summed E-state index contributed by atoms with van der Waals surface area (Å²) in [4.78, 5) is 36.8. The highest BCUT2D eigenvalue weighted by Crippen LogP contribution is 2.22. The Hall–Kier alpha value is -3.22. The van der Waals surface area contributed by atoms with Gasteiger partial charge in [0.1, 0.15) is 0 Å². The van der Waals surface area contributed by atoms with Crippen LogP contribution in [-0.2, 0) is 4.74 Å². The highest BCUT2D eigenvalue weighted by atomic mass is 16.6. The van der Waals surface area contributed by atoms with Crippen LogP contribution < -0.4 is 4.90 Å². The normalized spacial score (nSPS) is 10.2. The molecule has 0 aromatic heterocycles. The Kier molecular flexibility index (Phi) is 5.84. The van der Waals surface area contributed by atoms with E-state index in [2.05, 4.69) is 0 Å². The van der Waals surface area contributed by atoms with Crippen LogP contribution in [0.1, 0.15) is 34.6 Å². The van der Waals surface area contributed by atoms with Gasteiger partial charge in [0.15, 0.2) is 0 Å². The first kappa shape index (κ1) is 18.1. The zero-order valence-corrected chi connectivity index (χ0v) is 14.0. The number of nitrogens with zero attached hydrogens (tertiary/aromatic N) is 2. The van der Waals surface area contributed by atoms with Gasteiger partial charge in [-0.2, -0.15) is 0 Å². The van der Waals surface area contributed by atoms with Gasteiger partial charge in [0, 0.05) is 29.9 Å². The Bertz CT molecular complexity index is 789. The number of amides is 1. The third-order valence-corrected chi connectivity index (χ3v) is 3.52. The van der Waals surface area contributed by atoms with Crippen molar-refractivity contribution in [2.45, 2.75) is 13.8 Å². The Morgan fingerprint density at radius 3 is 2.28 bits per heavy atom. The molecule has 0 fully saturated rings. The maximum Gasteiger partial charge on any atom is 0.338 e. The van der Waals surface area contributed by atoms with Crippen molar-refractivity contribution in [2.24, 2.45) is 0 Å². The smallest absolute Gasteiger partial charge is 0.338 e. The summed E-state index contributed by atoms with van der Waals surface area (Å²) in [6.45, 7) is 3.94. The van der Waals surface area contributed by atoms with Crippen molar-refractivity contribution in [1.82, 2.24) is 0 Å². The molecule has 0 heterocycles. The fourth-order valence-electron chi connectivity index (χ4n) is 2.38. The molecule has 2 aromatic rings. The Labute approximate surface area is 145 Å². The van der Waals surface area contributed by atoms with E-state index in [-0.39, 0.29) is 23.4 Å². The molecule has 0 N–H and O–H groups in total. The van der Waals surface area contributed by atoms with E-state index in [0.717, 1.165) is 12.1 Å². The van der Waals surface area contributed by atoms with Crippen LogP contribution in [0.5, 0.6) is 0 Å². The third kappa shape index (κ3) is 4.20. The number of carbonyl (C=O) groups is 2. The van der Waals surface area contributed by atoms with Crippen LogP contribution in [0.2, 0.25) is 0 Å². The number of nitro groups is 1. The van der Waals surface area contributed by atoms with Crippen molar-refractivity contribution < 1.29 is 19.2 Å². The molecule has 0 unspecified atom stereocenters. The van der Waals surface area contributed by atoms with Crippen LogP contribution in [0, 0.1) is 10.1 Å². The van der Waals surface area contributed by atoms with E-state index in [1.165, 1.54) is 11.0 Å². The molecule has 0 saturated carbocycles. The van der Waals surface area contributed by atoms with E-state index in [1.807, 2.05) is 6.07 Å². The minimum absolute atomic E-state index is 0.0245. The molecule has 2 rings (SSSR count). The van der Waals surface area contributed by atoms with Crippen molar-refractivity contribution >= 4 is 23.3 Å². The van der Waals surface area contributed by atoms with Gasteiger partial charge in [0.25, 0.3) is 11.6 Å². The van der Waals surface area contributed by atoms with E-state index in [4.69, 9.17) is 4.74 Å². The van der Waals surface area contributed by atoms with Crippen molar-refractivity contribution in [3.05, 3.63) is 69.8 Å². The van der Waals surface area contributed by atoms with Crippen molar-refractivity contribution in [2.75, 3.05) is 18.1 Å². The molecule has 0 saturated heterocycles. The summed E-state index contributed by atoms with van der Waals surface area (Å²) < 4.78 is 4.88. The lowest BCUT2D eigenvalue weighted by molar-refractivity contribution is -0.384. The SMILES string of the molecule is CCOC(=O)c1cc(C(=O)N(CC)c2ccccc2)cc([N+](=O)[O-])c1. The van der Waals surface area contributed by atoms with Gasteiger partial charge < -0.3 is 9.64 Å². The van der Waals surface area contributed by atoms with Gasteiger partial charge in [0.05, 0.1) is 17.1 Å². The lowest BCUT2D eigenvalue weighted by atomic mass is 10.1. The fourth-order valence-corrected chi connectivity index (χ4v) is 2.38. The Morgan fingerprint density at radius 2 is 1.72 bits per heavy atom. The van der Waals surface area contributed by atoms with E-state index >= 15 is 0 Å². The summed E-state index contributed by atoms with van der Waals surface area (Å²) >= 11 is 0. The van der Waals surface area contributed by atoms with Crippen LogP contribution in [0.25, 0.3) is 0 Å². The van der Waals surface area contributed by atoms with Crippen molar-refractivity contribution in [3.63, 3.8) is 0 Å². The molecular weight excluding hydrogens is 324 g/mol. The number of para-hydroxylation sites is 1. The third-order valence-electron chi connectivity index (χ3n) is 3.52. The molecule has 0 aliphatic heterocycles. The van der Waals surface area contributed by atoms with E-state index in [9.17, 15) is 19.7 Å².